The second-order valence-electron chi connectivity index (χ2n) is 7.52. The number of nitrogens with one attached hydrogen (secondary N) is 3. The molecule has 166 valence electrons. The first-order chi connectivity index (χ1) is 14.8. The summed E-state index contributed by atoms with van der Waals surface area (Å²) < 4.78 is 0. The number of carbonyl (C=O) groups excluding carboxylic acids is 3. The molecular weight excluding hydrogens is 398 g/mol. The van der Waals surface area contributed by atoms with Gasteiger partial charge in [0.15, 0.2) is 0 Å². The molecule has 0 spiro atoms. The average molecular weight is 428 g/mol. The third-order valence-electron chi connectivity index (χ3n) is 5.29. The number of amides is 3. The first-order valence-corrected chi connectivity index (χ1v) is 10.0. The molecule has 31 heavy (non-hydrogen) atoms. The first-order valence-electron chi connectivity index (χ1n) is 10.0. The molecule has 0 aromatic heterocycles. The van der Waals surface area contributed by atoms with E-state index < -0.39 is 35.8 Å². The fourth-order valence-electron chi connectivity index (χ4n) is 3.29. The van der Waals surface area contributed by atoms with E-state index in [-0.39, 0.29) is 12.8 Å². The Hall–Kier alpha value is -3.23. The lowest BCUT2D eigenvalue weighted by atomic mass is 9.90. The zero-order chi connectivity index (χ0) is 23.0. The fraction of sp³-hybridized carbons (Fsp3) is 0.348. The Labute approximate surface area is 181 Å². The van der Waals surface area contributed by atoms with Crippen molar-refractivity contribution in [2.24, 2.45) is 5.92 Å². The van der Waals surface area contributed by atoms with Crippen molar-refractivity contribution in [3.8, 4) is 0 Å². The Kier molecular flexibility index (Phi) is 8.72. The van der Waals surface area contributed by atoms with Crippen LogP contribution >= 0.6 is 0 Å². The van der Waals surface area contributed by atoms with Crippen LogP contribution in [-0.4, -0.2) is 47.2 Å². The maximum Gasteiger partial charge on any atom is 0.272 e. The van der Waals surface area contributed by atoms with Crippen molar-refractivity contribution in [3.05, 3.63) is 70.8 Å². The number of benzene rings is 2. The van der Waals surface area contributed by atoms with Crippen LogP contribution in [0.15, 0.2) is 48.5 Å². The van der Waals surface area contributed by atoms with Gasteiger partial charge < -0.3 is 15.7 Å². The zero-order valence-corrected chi connectivity index (χ0v) is 17.9. The van der Waals surface area contributed by atoms with Crippen molar-refractivity contribution in [3.63, 3.8) is 0 Å². The molecule has 3 unspecified atom stereocenters. The van der Waals surface area contributed by atoms with E-state index in [0.29, 0.717) is 0 Å². The number of hydroxylamine groups is 1. The lowest BCUT2D eigenvalue weighted by Gasteiger charge is -2.24. The third kappa shape index (κ3) is 6.63. The van der Waals surface area contributed by atoms with Crippen molar-refractivity contribution in [2.45, 2.75) is 38.8 Å². The monoisotopic (exact) mass is 427 g/mol. The van der Waals surface area contributed by atoms with Gasteiger partial charge in [-0.2, -0.15) is 0 Å². The molecule has 3 atom stereocenters. The highest BCUT2D eigenvalue weighted by Crippen LogP contribution is 2.18. The van der Waals surface area contributed by atoms with Crippen molar-refractivity contribution < 1.29 is 24.7 Å². The average Bonchev–Trinajstić information content (AvgIpc) is 2.78. The van der Waals surface area contributed by atoms with E-state index in [1.807, 2.05) is 62.4 Å². The van der Waals surface area contributed by atoms with Crippen LogP contribution in [0.3, 0.4) is 0 Å². The normalized spacial score (nSPS) is 13.6. The summed E-state index contributed by atoms with van der Waals surface area (Å²) in [5.74, 6) is -3.37. The number of hydrogen-bond donors (Lipinski definition) is 5. The van der Waals surface area contributed by atoms with E-state index in [1.54, 1.807) is 0 Å². The predicted octanol–water partition coefficient (Wildman–Crippen LogP) is 0.802. The number of aliphatic hydroxyl groups is 1. The van der Waals surface area contributed by atoms with Crippen molar-refractivity contribution in [1.82, 2.24) is 16.1 Å². The molecule has 3 amide bonds. The van der Waals surface area contributed by atoms with E-state index in [1.165, 1.54) is 12.5 Å². The van der Waals surface area contributed by atoms with E-state index in [2.05, 4.69) is 10.6 Å². The van der Waals surface area contributed by atoms with E-state index >= 15 is 0 Å². The lowest BCUT2D eigenvalue weighted by molar-refractivity contribution is -0.146. The van der Waals surface area contributed by atoms with Crippen LogP contribution in [0, 0.1) is 19.8 Å². The van der Waals surface area contributed by atoms with Gasteiger partial charge in [-0.1, -0.05) is 48.5 Å². The van der Waals surface area contributed by atoms with Crippen molar-refractivity contribution in [2.75, 3.05) is 7.05 Å². The summed E-state index contributed by atoms with van der Waals surface area (Å²) in [6.45, 7) is 3.88. The number of hydrogen-bond acceptors (Lipinski definition) is 5. The molecule has 0 aliphatic carbocycles. The van der Waals surface area contributed by atoms with Gasteiger partial charge in [0.05, 0.1) is 5.92 Å². The molecule has 2 rings (SSSR count). The second kappa shape index (κ2) is 11.2. The number of aliphatic hydroxyl groups excluding tert-OH is 1. The molecule has 0 saturated heterocycles. The maximum atomic E-state index is 13.1. The Morgan fingerprint density at radius 1 is 0.871 bits per heavy atom. The van der Waals surface area contributed by atoms with Crippen LogP contribution in [0.2, 0.25) is 0 Å². The Balaban J connectivity index is 2.27. The van der Waals surface area contributed by atoms with Gasteiger partial charge in [-0.15, -0.1) is 0 Å². The Morgan fingerprint density at radius 2 is 1.55 bits per heavy atom. The Bertz CT molecular complexity index is 917. The smallest absolute Gasteiger partial charge is 0.272 e. The Morgan fingerprint density at radius 3 is 2.13 bits per heavy atom. The van der Waals surface area contributed by atoms with Crippen molar-refractivity contribution >= 4 is 17.7 Å². The van der Waals surface area contributed by atoms with Gasteiger partial charge in [0, 0.05) is 13.5 Å². The topological polar surface area (TPSA) is 128 Å². The molecule has 2 aromatic carbocycles. The van der Waals surface area contributed by atoms with Crippen LogP contribution in [-0.2, 0) is 27.2 Å². The molecule has 0 aliphatic heterocycles. The van der Waals surface area contributed by atoms with Gasteiger partial charge in [0.25, 0.3) is 5.91 Å². The van der Waals surface area contributed by atoms with Crippen LogP contribution < -0.4 is 16.1 Å². The van der Waals surface area contributed by atoms with Gasteiger partial charge >= 0.3 is 0 Å². The number of carbonyl (C=O) groups is 3. The molecule has 5 N–H and O–H groups in total. The van der Waals surface area contributed by atoms with Gasteiger partial charge in [0.1, 0.15) is 12.1 Å². The van der Waals surface area contributed by atoms with Gasteiger partial charge in [-0.05, 0) is 42.5 Å². The van der Waals surface area contributed by atoms with E-state index in [9.17, 15) is 19.5 Å². The van der Waals surface area contributed by atoms with Gasteiger partial charge in [-0.3, -0.25) is 19.6 Å². The minimum absolute atomic E-state index is 0.0489. The summed E-state index contributed by atoms with van der Waals surface area (Å²) in [4.78, 5) is 37.3. The summed E-state index contributed by atoms with van der Waals surface area (Å²) in [7, 11) is 1.47. The molecule has 0 heterocycles. The minimum Gasteiger partial charge on any atom is -0.382 e. The standard InChI is InChI=1S/C23H29N3O5/c1-14-9-10-17(11-15(14)2)12-18(20(27)23(30)26-31)21(28)25-19(22(29)24-3)13-16-7-5-4-6-8-16/h4-11,18-20,27,31H,12-13H2,1-3H3,(H,24,29)(H,25,28)(H,26,30). The quantitative estimate of drug-likeness (QED) is 0.299. The number of rotatable bonds is 9. The SMILES string of the molecule is CNC(=O)C(Cc1ccccc1)NC(=O)C(Cc1ccc(C)c(C)c1)C(O)C(=O)NO. The molecule has 0 saturated carbocycles. The van der Waals surface area contributed by atoms with Crippen molar-refractivity contribution in [1.29, 1.82) is 0 Å². The summed E-state index contributed by atoms with van der Waals surface area (Å²) in [5, 5.41) is 24.5. The van der Waals surface area contributed by atoms with Gasteiger partial charge in [0.2, 0.25) is 11.8 Å². The number of aryl methyl sites for hydroxylation is 2. The maximum absolute atomic E-state index is 13.1. The van der Waals surface area contributed by atoms with Gasteiger partial charge in [-0.25, -0.2) is 5.48 Å². The largest absolute Gasteiger partial charge is 0.382 e. The fourth-order valence-corrected chi connectivity index (χ4v) is 3.29. The molecule has 8 nitrogen and oxygen atoms in total. The molecule has 0 bridgehead atoms. The highest BCUT2D eigenvalue weighted by atomic mass is 16.5. The highest BCUT2D eigenvalue weighted by Gasteiger charge is 2.34. The molecule has 2 aromatic rings. The minimum atomic E-state index is -1.80. The van der Waals surface area contributed by atoms with E-state index in [4.69, 9.17) is 5.21 Å². The van der Waals surface area contributed by atoms with Crippen LogP contribution in [0.4, 0.5) is 0 Å². The van der Waals surface area contributed by atoms with Crippen LogP contribution in [0.5, 0.6) is 0 Å². The first kappa shape index (κ1) is 24.0. The predicted molar refractivity (Wildman–Crippen MR) is 115 cm³/mol. The zero-order valence-electron chi connectivity index (χ0n) is 17.9. The molecule has 0 fully saturated rings. The molecule has 0 radical (unpaired) electrons. The number of likely N-dealkylation sites (N-methyl/N-ethyl adjacent to an activating group) is 1. The highest BCUT2D eigenvalue weighted by molar-refractivity contribution is 5.92. The summed E-state index contributed by atoms with van der Waals surface area (Å²) >= 11 is 0. The summed E-state index contributed by atoms with van der Waals surface area (Å²) in [5.41, 5.74) is 5.05. The summed E-state index contributed by atoms with van der Waals surface area (Å²) in [6.07, 6.45) is -1.51. The summed E-state index contributed by atoms with van der Waals surface area (Å²) in [6, 6.07) is 13.9. The van der Waals surface area contributed by atoms with Crippen LogP contribution in [0.1, 0.15) is 22.3 Å². The van der Waals surface area contributed by atoms with Crippen LogP contribution in [0.25, 0.3) is 0 Å². The lowest BCUT2D eigenvalue weighted by Crippen LogP contribution is -2.52. The second-order valence-corrected chi connectivity index (χ2v) is 7.52. The van der Waals surface area contributed by atoms with E-state index in [0.717, 1.165) is 22.3 Å². The third-order valence-corrected chi connectivity index (χ3v) is 5.29. The molecule has 0 aliphatic rings. The molecule has 8 heteroatoms. The molecular formula is C23H29N3O5.